The van der Waals surface area contributed by atoms with E-state index in [1.165, 1.54) is 11.4 Å². The molecule has 72 valence electrons. The molecule has 0 aliphatic carbocycles. The van der Waals surface area contributed by atoms with E-state index in [-0.39, 0.29) is 0 Å². The van der Waals surface area contributed by atoms with Crippen molar-refractivity contribution in [2.75, 3.05) is 18.9 Å². The fourth-order valence-corrected chi connectivity index (χ4v) is 4.75. The summed E-state index contributed by atoms with van der Waals surface area (Å²) in [6, 6.07) is 0. The first-order valence-corrected chi connectivity index (χ1v) is 7.62. The minimum absolute atomic E-state index is 0.642. The molecule has 5 heteroatoms. The van der Waals surface area contributed by atoms with Crippen LogP contribution in [-0.2, 0) is 9.09 Å². The fourth-order valence-electron chi connectivity index (χ4n) is 0.931. The Morgan fingerprint density at radius 1 is 1.67 bits per heavy atom. The second-order valence-corrected chi connectivity index (χ2v) is 7.23. The third-order valence-corrected chi connectivity index (χ3v) is 5.86. The third kappa shape index (κ3) is 3.48. The highest BCUT2D eigenvalue weighted by Gasteiger charge is 2.25. The molecule has 1 aliphatic heterocycles. The van der Waals surface area contributed by atoms with Gasteiger partial charge in [-0.25, -0.2) is 5.09 Å². The van der Waals surface area contributed by atoms with Crippen LogP contribution in [0.25, 0.3) is 0 Å². The Labute approximate surface area is 77.9 Å². The lowest BCUT2D eigenvalue weighted by Gasteiger charge is -2.22. The molecule has 12 heavy (non-hydrogen) atoms. The smallest absolute Gasteiger partial charge is 0.310 e. The Bertz CT molecular complexity index is 167. The summed E-state index contributed by atoms with van der Waals surface area (Å²) in [6.07, 6.45) is 3.23. The molecule has 1 unspecified atom stereocenters. The van der Waals surface area contributed by atoms with Gasteiger partial charge < -0.3 is 4.52 Å². The van der Waals surface area contributed by atoms with Gasteiger partial charge in [0.25, 0.3) is 0 Å². The summed E-state index contributed by atoms with van der Waals surface area (Å²) in [5, 5.41) is 2.95. The number of nitrogens with one attached hydrogen (secondary N) is 1. The molecule has 0 amide bonds. The maximum Gasteiger partial charge on any atom is 0.326 e. The van der Waals surface area contributed by atoms with Crippen LogP contribution < -0.4 is 5.09 Å². The van der Waals surface area contributed by atoms with Gasteiger partial charge in [-0.15, -0.1) is 0 Å². The normalized spacial score (nSPS) is 30.4. The Balaban J connectivity index is 2.22. The summed E-state index contributed by atoms with van der Waals surface area (Å²) in [5.74, 6) is 0.931. The SMILES string of the molecule is CCCCSP1(=O)NCCCO1. The molecular weight excluding hydrogens is 193 g/mol. The van der Waals surface area contributed by atoms with Crippen LogP contribution >= 0.6 is 18.1 Å². The first-order chi connectivity index (χ1) is 5.77. The average Bonchev–Trinajstić information content (AvgIpc) is 2.06. The molecule has 0 saturated carbocycles. The largest absolute Gasteiger partial charge is 0.326 e. The van der Waals surface area contributed by atoms with Crippen molar-refractivity contribution < 1.29 is 9.09 Å². The molecule has 1 atom stereocenters. The molecule has 1 N–H and O–H groups in total. The highest BCUT2D eigenvalue weighted by molar-refractivity contribution is 8.56. The predicted octanol–water partition coefficient (Wildman–Crippen LogP) is 2.64. The summed E-state index contributed by atoms with van der Waals surface area (Å²) in [7, 11) is 0. The van der Waals surface area contributed by atoms with Crippen LogP contribution in [-0.4, -0.2) is 18.9 Å². The van der Waals surface area contributed by atoms with Crippen molar-refractivity contribution in [3.05, 3.63) is 0 Å². The molecule has 0 radical (unpaired) electrons. The van der Waals surface area contributed by atoms with E-state index in [1.807, 2.05) is 0 Å². The Hall–Kier alpha value is 0.500. The van der Waals surface area contributed by atoms with Crippen molar-refractivity contribution in [3.63, 3.8) is 0 Å². The summed E-state index contributed by atoms with van der Waals surface area (Å²) in [4.78, 5) is 0. The summed E-state index contributed by atoms with van der Waals surface area (Å²) in [6.45, 7) is 1.13. The second-order valence-electron chi connectivity index (χ2n) is 2.78. The van der Waals surface area contributed by atoms with Crippen molar-refractivity contribution in [2.24, 2.45) is 0 Å². The van der Waals surface area contributed by atoms with E-state index in [0.29, 0.717) is 6.61 Å². The molecule has 0 aromatic heterocycles. The molecule has 1 saturated heterocycles. The van der Waals surface area contributed by atoms with Gasteiger partial charge in [-0.2, -0.15) is 0 Å². The van der Waals surface area contributed by atoms with Gasteiger partial charge in [0.1, 0.15) is 0 Å². The number of unbranched alkanes of at least 4 members (excludes halogenated alkanes) is 1. The van der Waals surface area contributed by atoms with E-state index in [2.05, 4.69) is 12.0 Å². The zero-order chi connectivity index (χ0) is 8.86. The van der Waals surface area contributed by atoms with E-state index >= 15 is 0 Å². The van der Waals surface area contributed by atoms with Crippen LogP contribution in [0.3, 0.4) is 0 Å². The monoisotopic (exact) mass is 209 g/mol. The first kappa shape index (κ1) is 10.6. The summed E-state index contributed by atoms with van der Waals surface area (Å²) in [5.41, 5.74) is 0. The molecule has 0 aromatic rings. The lowest BCUT2D eigenvalue weighted by atomic mass is 10.4. The third-order valence-electron chi connectivity index (χ3n) is 1.65. The molecule has 0 spiro atoms. The van der Waals surface area contributed by atoms with Crippen molar-refractivity contribution in [2.45, 2.75) is 26.2 Å². The Kier molecular flexibility index (Phi) is 4.65. The minimum atomic E-state index is -2.48. The van der Waals surface area contributed by atoms with Gasteiger partial charge in [0, 0.05) is 12.3 Å². The maximum atomic E-state index is 11.7. The van der Waals surface area contributed by atoms with Crippen molar-refractivity contribution >= 4 is 18.1 Å². The van der Waals surface area contributed by atoms with Crippen LogP contribution in [0.15, 0.2) is 0 Å². The van der Waals surface area contributed by atoms with Crippen LogP contribution in [0, 0.1) is 0 Å². The highest BCUT2D eigenvalue weighted by atomic mass is 32.7. The van der Waals surface area contributed by atoms with Crippen LogP contribution in [0.2, 0.25) is 0 Å². The minimum Gasteiger partial charge on any atom is -0.310 e. The van der Waals surface area contributed by atoms with E-state index in [9.17, 15) is 4.57 Å². The number of rotatable bonds is 4. The van der Waals surface area contributed by atoms with Gasteiger partial charge in [-0.05, 0) is 12.8 Å². The zero-order valence-electron chi connectivity index (χ0n) is 7.41. The van der Waals surface area contributed by atoms with E-state index in [4.69, 9.17) is 4.52 Å². The van der Waals surface area contributed by atoms with Gasteiger partial charge in [0.05, 0.1) is 6.61 Å². The topological polar surface area (TPSA) is 38.3 Å². The van der Waals surface area contributed by atoms with Crippen LogP contribution in [0.5, 0.6) is 0 Å². The van der Waals surface area contributed by atoms with E-state index < -0.39 is 6.72 Å². The van der Waals surface area contributed by atoms with Gasteiger partial charge in [0.2, 0.25) is 0 Å². The number of hydrogen-bond donors (Lipinski definition) is 1. The Morgan fingerprint density at radius 3 is 3.08 bits per heavy atom. The summed E-state index contributed by atoms with van der Waals surface area (Å²) >= 11 is 1.45. The molecule has 0 bridgehead atoms. The van der Waals surface area contributed by atoms with Gasteiger partial charge >= 0.3 is 6.72 Å². The zero-order valence-corrected chi connectivity index (χ0v) is 9.13. The molecule has 3 nitrogen and oxygen atoms in total. The number of hydrogen-bond acceptors (Lipinski definition) is 3. The van der Waals surface area contributed by atoms with Gasteiger partial charge in [0.15, 0.2) is 0 Å². The molecule has 0 aromatic carbocycles. The van der Waals surface area contributed by atoms with E-state index in [1.54, 1.807) is 0 Å². The molecular formula is C7H16NO2PS. The molecule has 1 heterocycles. The Morgan fingerprint density at radius 2 is 2.50 bits per heavy atom. The highest BCUT2D eigenvalue weighted by Crippen LogP contribution is 2.57. The maximum absolute atomic E-state index is 11.7. The van der Waals surface area contributed by atoms with Crippen molar-refractivity contribution in [1.29, 1.82) is 0 Å². The van der Waals surface area contributed by atoms with Crippen LogP contribution in [0.1, 0.15) is 26.2 Å². The van der Waals surface area contributed by atoms with Gasteiger partial charge in [-0.3, -0.25) is 4.57 Å². The lowest BCUT2D eigenvalue weighted by Crippen LogP contribution is -2.20. The molecule has 1 fully saturated rings. The molecule has 1 rings (SSSR count). The van der Waals surface area contributed by atoms with Crippen molar-refractivity contribution in [1.82, 2.24) is 5.09 Å². The average molecular weight is 209 g/mol. The first-order valence-electron chi connectivity index (χ1n) is 4.41. The van der Waals surface area contributed by atoms with Gasteiger partial charge in [-0.1, -0.05) is 24.7 Å². The molecule has 1 aliphatic rings. The lowest BCUT2D eigenvalue weighted by molar-refractivity contribution is 0.290. The predicted molar refractivity (Wildman–Crippen MR) is 53.5 cm³/mol. The second kappa shape index (κ2) is 5.28. The fraction of sp³-hybridized carbons (Fsp3) is 1.00. The van der Waals surface area contributed by atoms with Crippen molar-refractivity contribution in [3.8, 4) is 0 Å². The quantitative estimate of drug-likeness (QED) is 0.570. The van der Waals surface area contributed by atoms with Crippen LogP contribution in [0.4, 0.5) is 0 Å². The van der Waals surface area contributed by atoms with E-state index in [0.717, 1.165) is 31.6 Å². The summed E-state index contributed by atoms with van der Waals surface area (Å²) < 4.78 is 17.0. The standard InChI is InChI=1S/C7H16NO2PS/c1-2-3-7-12-11(9)8-5-4-6-10-11/h2-7H2,1H3,(H,8,9).